The maximum absolute atomic E-state index is 11.7. The van der Waals surface area contributed by atoms with E-state index in [4.69, 9.17) is 5.11 Å². The number of rotatable bonds is 4. The molecule has 17 heavy (non-hydrogen) atoms. The minimum absolute atomic E-state index is 0.0918. The Bertz CT molecular complexity index is 413. The number of carbonyl (C=O) groups is 2. The summed E-state index contributed by atoms with van der Waals surface area (Å²) in [5.41, 5.74) is 0. The van der Waals surface area contributed by atoms with Crippen molar-refractivity contribution in [2.75, 3.05) is 38.7 Å². The monoisotopic (exact) mass is 264 g/mol. The van der Waals surface area contributed by atoms with E-state index in [1.807, 2.05) is 0 Å². The van der Waals surface area contributed by atoms with Crippen molar-refractivity contribution in [3.8, 4) is 0 Å². The third kappa shape index (κ3) is 3.88. The summed E-state index contributed by atoms with van der Waals surface area (Å²) >= 11 is 0. The molecule has 0 bridgehead atoms. The fraction of sp³-hybridized carbons (Fsp3) is 0.778. The molecule has 1 saturated heterocycles. The summed E-state index contributed by atoms with van der Waals surface area (Å²) in [4.78, 5) is 24.9. The van der Waals surface area contributed by atoms with E-state index in [0.717, 1.165) is 6.26 Å². The normalized spacial score (nSPS) is 16.5. The van der Waals surface area contributed by atoms with E-state index < -0.39 is 21.7 Å². The predicted octanol–water partition coefficient (Wildman–Crippen LogP) is -0.901. The van der Waals surface area contributed by atoms with E-state index in [1.54, 1.807) is 0 Å². The molecule has 0 aromatic carbocycles. The molecule has 1 aliphatic heterocycles. The summed E-state index contributed by atoms with van der Waals surface area (Å²) < 4.78 is 21.8. The molecule has 0 unspecified atom stereocenters. The molecule has 1 rings (SSSR count). The summed E-state index contributed by atoms with van der Waals surface area (Å²) in [5.74, 6) is -1.50. The molecule has 0 saturated carbocycles. The van der Waals surface area contributed by atoms with Crippen LogP contribution in [-0.2, 0) is 14.6 Å². The lowest BCUT2D eigenvalue weighted by atomic mass is 10.0. The molecule has 0 aromatic rings. The zero-order chi connectivity index (χ0) is 13.2. The molecule has 1 aliphatic rings. The summed E-state index contributed by atoms with van der Waals surface area (Å²) in [7, 11) is -1.60. The summed E-state index contributed by atoms with van der Waals surface area (Å²) in [6.07, 6.45) is 1.11. The molecule has 0 spiro atoms. The molecule has 0 radical (unpaired) electrons. The average molecular weight is 264 g/mol. The number of sulfone groups is 1. The van der Waals surface area contributed by atoms with Gasteiger partial charge in [0.15, 0.2) is 0 Å². The van der Waals surface area contributed by atoms with Crippen LogP contribution in [0.25, 0.3) is 0 Å². The Balaban J connectivity index is 2.37. The Morgan fingerprint density at radius 3 is 2.35 bits per heavy atom. The third-order valence-electron chi connectivity index (χ3n) is 2.63. The predicted molar refractivity (Wildman–Crippen MR) is 60.4 cm³/mol. The second-order valence-electron chi connectivity index (χ2n) is 4.27. The largest absolute Gasteiger partial charge is 0.481 e. The first kappa shape index (κ1) is 13.8. The molecule has 1 fully saturated rings. The molecule has 2 amide bonds. The third-order valence-corrected chi connectivity index (χ3v) is 3.55. The van der Waals surface area contributed by atoms with Crippen LogP contribution in [0, 0.1) is 5.92 Å². The van der Waals surface area contributed by atoms with Gasteiger partial charge in [-0.2, -0.15) is 0 Å². The molecular formula is C9H16N2O5S. The van der Waals surface area contributed by atoms with Gasteiger partial charge in [0.1, 0.15) is 9.84 Å². The van der Waals surface area contributed by atoms with Gasteiger partial charge in [0, 0.05) is 32.9 Å². The van der Waals surface area contributed by atoms with Gasteiger partial charge in [0.2, 0.25) is 0 Å². The van der Waals surface area contributed by atoms with Crippen LogP contribution in [0.15, 0.2) is 0 Å². The number of carbonyl (C=O) groups excluding carboxylic acids is 1. The van der Waals surface area contributed by atoms with Gasteiger partial charge in [-0.25, -0.2) is 13.2 Å². The van der Waals surface area contributed by atoms with Crippen molar-refractivity contribution in [1.29, 1.82) is 0 Å². The summed E-state index contributed by atoms with van der Waals surface area (Å²) in [5, 5.41) is 8.65. The van der Waals surface area contributed by atoms with Gasteiger partial charge in [-0.1, -0.05) is 0 Å². The first-order valence-electron chi connectivity index (χ1n) is 5.11. The smallest absolute Gasteiger partial charge is 0.319 e. The first-order chi connectivity index (χ1) is 7.70. The van der Waals surface area contributed by atoms with Gasteiger partial charge < -0.3 is 14.9 Å². The lowest BCUT2D eigenvalue weighted by Crippen LogP contribution is -2.56. The number of likely N-dealkylation sites (tertiary alicyclic amines) is 1. The van der Waals surface area contributed by atoms with Gasteiger partial charge in [0.05, 0.1) is 11.7 Å². The average Bonchev–Trinajstić information content (AvgIpc) is 2.09. The van der Waals surface area contributed by atoms with Gasteiger partial charge in [-0.15, -0.1) is 0 Å². The first-order valence-corrected chi connectivity index (χ1v) is 7.17. The molecule has 98 valence electrons. The van der Waals surface area contributed by atoms with Gasteiger partial charge in [-0.05, 0) is 0 Å². The standard InChI is InChI=1S/C9H16N2O5S/c1-10(3-4-17(2,15)16)9(14)11-5-7(6-11)8(12)13/h7H,3-6H2,1-2H3,(H,12,13). The van der Waals surface area contributed by atoms with Gasteiger partial charge in [0.25, 0.3) is 0 Å². The minimum Gasteiger partial charge on any atom is -0.481 e. The van der Waals surface area contributed by atoms with Crippen molar-refractivity contribution in [3.05, 3.63) is 0 Å². The Kier molecular flexibility index (Phi) is 3.97. The molecule has 0 aliphatic carbocycles. The topological polar surface area (TPSA) is 95.0 Å². The molecule has 1 heterocycles. The SMILES string of the molecule is CN(CCS(C)(=O)=O)C(=O)N1CC(C(=O)O)C1. The van der Waals surface area contributed by atoms with Gasteiger partial charge >= 0.3 is 12.0 Å². The Morgan fingerprint density at radius 2 is 1.94 bits per heavy atom. The lowest BCUT2D eigenvalue weighted by Gasteiger charge is -2.38. The molecular weight excluding hydrogens is 248 g/mol. The minimum atomic E-state index is -3.10. The fourth-order valence-electron chi connectivity index (χ4n) is 1.43. The number of amides is 2. The second-order valence-corrected chi connectivity index (χ2v) is 6.53. The Hall–Kier alpha value is -1.31. The van der Waals surface area contributed by atoms with Crippen molar-refractivity contribution in [2.45, 2.75) is 0 Å². The van der Waals surface area contributed by atoms with Gasteiger partial charge in [-0.3, -0.25) is 4.79 Å². The molecule has 1 N–H and O–H groups in total. The van der Waals surface area contributed by atoms with E-state index in [-0.39, 0.29) is 31.4 Å². The van der Waals surface area contributed by atoms with Crippen LogP contribution in [0.3, 0.4) is 0 Å². The van der Waals surface area contributed by atoms with Crippen molar-refractivity contribution >= 4 is 21.8 Å². The molecule has 7 nitrogen and oxygen atoms in total. The highest BCUT2D eigenvalue weighted by molar-refractivity contribution is 7.90. The van der Waals surface area contributed by atoms with Crippen LogP contribution in [0.1, 0.15) is 0 Å². The van der Waals surface area contributed by atoms with Crippen molar-refractivity contribution < 1.29 is 23.1 Å². The lowest BCUT2D eigenvalue weighted by molar-refractivity contribution is -0.146. The maximum Gasteiger partial charge on any atom is 0.319 e. The highest BCUT2D eigenvalue weighted by atomic mass is 32.2. The zero-order valence-electron chi connectivity index (χ0n) is 9.79. The number of carboxylic acids is 1. The number of urea groups is 1. The maximum atomic E-state index is 11.7. The van der Waals surface area contributed by atoms with Crippen LogP contribution < -0.4 is 0 Å². The number of aliphatic carboxylic acids is 1. The molecule has 8 heteroatoms. The van der Waals surface area contributed by atoms with E-state index in [1.165, 1.54) is 16.8 Å². The Labute approximate surface area is 99.9 Å². The van der Waals surface area contributed by atoms with Crippen molar-refractivity contribution in [2.24, 2.45) is 5.92 Å². The number of hydrogen-bond acceptors (Lipinski definition) is 4. The summed E-state index contributed by atoms with van der Waals surface area (Å²) in [6, 6.07) is -0.328. The molecule has 0 atom stereocenters. The second kappa shape index (κ2) is 4.91. The van der Waals surface area contributed by atoms with E-state index >= 15 is 0 Å². The highest BCUT2D eigenvalue weighted by Crippen LogP contribution is 2.16. The fourth-order valence-corrected chi connectivity index (χ4v) is 2.04. The van der Waals surface area contributed by atoms with Crippen molar-refractivity contribution in [3.63, 3.8) is 0 Å². The number of hydrogen-bond donors (Lipinski definition) is 1. The quantitative estimate of drug-likeness (QED) is 0.710. The van der Waals surface area contributed by atoms with Crippen LogP contribution in [0.5, 0.6) is 0 Å². The number of carboxylic acid groups (broad SMARTS) is 1. The van der Waals surface area contributed by atoms with Crippen molar-refractivity contribution in [1.82, 2.24) is 9.80 Å². The molecule has 0 aromatic heterocycles. The van der Waals surface area contributed by atoms with Crippen LogP contribution in [0.2, 0.25) is 0 Å². The highest BCUT2D eigenvalue weighted by Gasteiger charge is 2.36. The van der Waals surface area contributed by atoms with Crippen LogP contribution >= 0.6 is 0 Å². The zero-order valence-corrected chi connectivity index (χ0v) is 10.6. The van der Waals surface area contributed by atoms with E-state index in [9.17, 15) is 18.0 Å². The van der Waals surface area contributed by atoms with E-state index in [0.29, 0.717) is 0 Å². The van der Waals surface area contributed by atoms with E-state index in [2.05, 4.69) is 0 Å². The Morgan fingerprint density at radius 1 is 1.41 bits per heavy atom. The van der Waals surface area contributed by atoms with Crippen LogP contribution in [-0.4, -0.2) is 74.0 Å². The number of nitrogens with zero attached hydrogens (tertiary/aromatic N) is 2. The summed E-state index contributed by atoms with van der Waals surface area (Å²) in [6.45, 7) is 0.501. The van der Waals surface area contributed by atoms with Crippen LogP contribution in [0.4, 0.5) is 4.79 Å².